The second kappa shape index (κ2) is 7.17. The lowest BCUT2D eigenvalue weighted by Gasteiger charge is -2.27. The molecule has 1 saturated heterocycles. The number of aryl methyl sites for hydroxylation is 1. The molecular weight excluding hydrogens is 338 g/mol. The van der Waals surface area contributed by atoms with Crippen LogP contribution in [0.4, 0.5) is 0 Å². The summed E-state index contributed by atoms with van der Waals surface area (Å²) in [5.41, 5.74) is 1.19. The Morgan fingerprint density at radius 1 is 1.30 bits per heavy atom. The maximum absolute atomic E-state index is 12.3. The first-order valence-electron chi connectivity index (χ1n) is 7.57. The summed E-state index contributed by atoms with van der Waals surface area (Å²) in [6.07, 6.45) is 1.77. The van der Waals surface area contributed by atoms with Crippen LogP contribution >= 0.6 is 12.4 Å². The zero-order valence-corrected chi connectivity index (χ0v) is 14.6. The van der Waals surface area contributed by atoms with E-state index in [9.17, 15) is 13.2 Å². The Balaban J connectivity index is 0.00000192. The molecule has 0 bridgehead atoms. The molecule has 6 nitrogen and oxygen atoms in total. The predicted octanol–water partition coefficient (Wildman–Crippen LogP) is 0.807. The molecule has 3 N–H and O–H groups in total. The number of hydrogen-bond donors (Lipinski definition) is 3. The van der Waals surface area contributed by atoms with E-state index in [0.717, 1.165) is 31.5 Å². The molecule has 0 aromatic heterocycles. The molecule has 1 aliphatic heterocycles. The van der Waals surface area contributed by atoms with Crippen molar-refractivity contribution in [3.63, 3.8) is 0 Å². The Labute approximate surface area is 142 Å². The summed E-state index contributed by atoms with van der Waals surface area (Å²) in [6, 6.07) is 4.75. The van der Waals surface area contributed by atoms with E-state index in [1.807, 2.05) is 6.92 Å². The number of benzene rings is 1. The summed E-state index contributed by atoms with van der Waals surface area (Å²) >= 11 is 0. The fraction of sp³-hybridized carbons (Fsp3) is 0.533. The molecule has 2 fully saturated rings. The minimum Gasteiger partial charge on any atom is -0.352 e. The number of hydrogen-bond acceptors (Lipinski definition) is 4. The SMILES string of the molecule is Cc1ccc(S(=O)(=O)NC2CC2)cc1C(=O)NCC1CNC1.Cl. The van der Waals surface area contributed by atoms with Gasteiger partial charge in [0.05, 0.1) is 4.90 Å². The van der Waals surface area contributed by atoms with Crippen LogP contribution < -0.4 is 15.4 Å². The van der Waals surface area contributed by atoms with E-state index in [4.69, 9.17) is 0 Å². The summed E-state index contributed by atoms with van der Waals surface area (Å²) in [7, 11) is -3.53. The van der Waals surface area contributed by atoms with Gasteiger partial charge in [-0.25, -0.2) is 13.1 Å². The van der Waals surface area contributed by atoms with Crippen LogP contribution in [0.15, 0.2) is 23.1 Å². The van der Waals surface area contributed by atoms with Crippen LogP contribution in [0.5, 0.6) is 0 Å². The molecule has 1 saturated carbocycles. The molecule has 1 aromatic rings. The molecule has 0 unspecified atom stereocenters. The van der Waals surface area contributed by atoms with Gasteiger partial charge in [-0.1, -0.05) is 6.07 Å². The summed E-state index contributed by atoms with van der Waals surface area (Å²) < 4.78 is 27.1. The van der Waals surface area contributed by atoms with Gasteiger partial charge in [-0.2, -0.15) is 0 Å². The van der Waals surface area contributed by atoms with Gasteiger partial charge in [0.15, 0.2) is 0 Å². The van der Waals surface area contributed by atoms with E-state index in [1.54, 1.807) is 12.1 Å². The largest absolute Gasteiger partial charge is 0.352 e. The van der Waals surface area contributed by atoms with Crippen molar-refractivity contribution in [1.82, 2.24) is 15.4 Å². The van der Waals surface area contributed by atoms with Crippen molar-refractivity contribution in [2.45, 2.75) is 30.7 Å². The van der Waals surface area contributed by atoms with Crippen LogP contribution in [-0.2, 0) is 10.0 Å². The van der Waals surface area contributed by atoms with Gasteiger partial charge in [-0.05, 0) is 37.5 Å². The highest BCUT2D eigenvalue weighted by atomic mass is 35.5. The molecule has 8 heteroatoms. The van der Waals surface area contributed by atoms with Gasteiger partial charge in [0.25, 0.3) is 5.91 Å². The predicted molar refractivity (Wildman–Crippen MR) is 90.5 cm³/mol. The average molecular weight is 360 g/mol. The van der Waals surface area contributed by atoms with Crippen molar-refractivity contribution in [3.05, 3.63) is 29.3 Å². The molecule has 0 spiro atoms. The molecule has 128 valence electrons. The standard InChI is InChI=1S/C15H21N3O3S.ClH/c1-10-2-5-13(22(20,21)18-12-3-4-12)6-14(10)15(19)17-9-11-7-16-8-11;/h2,5-6,11-12,16,18H,3-4,7-9H2,1H3,(H,17,19);1H. The highest BCUT2D eigenvalue weighted by Gasteiger charge is 2.28. The van der Waals surface area contributed by atoms with Crippen LogP contribution in [0, 0.1) is 12.8 Å². The van der Waals surface area contributed by atoms with Gasteiger partial charge in [-0.3, -0.25) is 4.79 Å². The molecule has 0 radical (unpaired) electrons. The van der Waals surface area contributed by atoms with Crippen LogP contribution in [0.2, 0.25) is 0 Å². The third-order valence-corrected chi connectivity index (χ3v) is 5.60. The summed E-state index contributed by atoms with van der Waals surface area (Å²) in [5, 5.41) is 6.03. The van der Waals surface area contributed by atoms with Gasteiger partial charge in [0, 0.05) is 37.2 Å². The Bertz CT molecular complexity index is 685. The Kier molecular flexibility index (Phi) is 5.67. The van der Waals surface area contributed by atoms with Crippen molar-refractivity contribution in [2.24, 2.45) is 5.92 Å². The van der Waals surface area contributed by atoms with E-state index in [0.29, 0.717) is 18.0 Å². The first kappa shape index (κ1) is 18.2. The maximum atomic E-state index is 12.3. The minimum atomic E-state index is -3.53. The maximum Gasteiger partial charge on any atom is 0.251 e. The first-order chi connectivity index (χ1) is 10.5. The molecule has 3 rings (SSSR count). The second-order valence-electron chi connectivity index (χ2n) is 6.11. The third kappa shape index (κ3) is 4.44. The summed E-state index contributed by atoms with van der Waals surface area (Å²) in [6.45, 7) is 4.26. The molecule has 0 atom stereocenters. The molecule has 23 heavy (non-hydrogen) atoms. The quantitative estimate of drug-likeness (QED) is 0.701. The number of carbonyl (C=O) groups excluding carboxylic acids is 1. The molecule has 1 aliphatic carbocycles. The number of nitrogens with one attached hydrogen (secondary N) is 3. The fourth-order valence-corrected chi connectivity index (χ4v) is 3.66. The van der Waals surface area contributed by atoms with Gasteiger partial charge < -0.3 is 10.6 Å². The van der Waals surface area contributed by atoms with E-state index in [2.05, 4.69) is 15.4 Å². The third-order valence-electron chi connectivity index (χ3n) is 4.08. The van der Waals surface area contributed by atoms with Crippen molar-refractivity contribution >= 4 is 28.3 Å². The highest BCUT2D eigenvalue weighted by Crippen LogP contribution is 2.23. The monoisotopic (exact) mass is 359 g/mol. The lowest BCUT2D eigenvalue weighted by Crippen LogP contribution is -2.48. The molecule has 1 aromatic carbocycles. The lowest BCUT2D eigenvalue weighted by atomic mass is 10.0. The van der Waals surface area contributed by atoms with Crippen molar-refractivity contribution in [2.75, 3.05) is 19.6 Å². The van der Waals surface area contributed by atoms with Crippen molar-refractivity contribution in [3.8, 4) is 0 Å². The van der Waals surface area contributed by atoms with E-state index in [1.165, 1.54) is 6.07 Å². The van der Waals surface area contributed by atoms with Gasteiger partial charge in [-0.15, -0.1) is 12.4 Å². The van der Waals surface area contributed by atoms with Crippen LogP contribution in [0.1, 0.15) is 28.8 Å². The first-order valence-corrected chi connectivity index (χ1v) is 9.06. The zero-order valence-electron chi connectivity index (χ0n) is 13.0. The van der Waals surface area contributed by atoms with Gasteiger partial charge in [0.2, 0.25) is 10.0 Å². The van der Waals surface area contributed by atoms with Crippen LogP contribution in [-0.4, -0.2) is 40.0 Å². The van der Waals surface area contributed by atoms with Crippen molar-refractivity contribution in [1.29, 1.82) is 0 Å². The molecular formula is C15H22ClN3O3S. The summed E-state index contributed by atoms with van der Waals surface area (Å²) in [4.78, 5) is 12.4. The van der Waals surface area contributed by atoms with Crippen molar-refractivity contribution < 1.29 is 13.2 Å². The Hall–Kier alpha value is -1.15. The Morgan fingerprint density at radius 3 is 2.57 bits per heavy atom. The number of rotatable bonds is 6. The molecule has 2 aliphatic rings. The van der Waals surface area contributed by atoms with Crippen LogP contribution in [0.3, 0.4) is 0 Å². The number of amides is 1. The van der Waals surface area contributed by atoms with Gasteiger partial charge >= 0.3 is 0 Å². The second-order valence-corrected chi connectivity index (χ2v) is 7.82. The topological polar surface area (TPSA) is 87.3 Å². The van der Waals surface area contributed by atoms with E-state index < -0.39 is 10.0 Å². The smallest absolute Gasteiger partial charge is 0.251 e. The summed E-state index contributed by atoms with van der Waals surface area (Å²) in [5.74, 6) is 0.251. The van der Waals surface area contributed by atoms with E-state index in [-0.39, 0.29) is 29.3 Å². The normalized spacial score (nSPS) is 18.0. The fourth-order valence-electron chi connectivity index (χ4n) is 2.33. The number of carbonyl (C=O) groups is 1. The highest BCUT2D eigenvalue weighted by molar-refractivity contribution is 7.89. The zero-order chi connectivity index (χ0) is 15.7. The average Bonchev–Trinajstić information content (AvgIpc) is 3.20. The number of halogens is 1. The number of sulfonamides is 1. The Morgan fingerprint density at radius 2 is 2.00 bits per heavy atom. The minimum absolute atomic E-state index is 0. The van der Waals surface area contributed by atoms with Gasteiger partial charge in [0.1, 0.15) is 0 Å². The molecule has 1 amide bonds. The molecule has 1 heterocycles. The lowest BCUT2D eigenvalue weighted by molar-refractivity contribution is 0.0941. The van der Waals surface area contributed by atoms with E-state index >= 15 is 0 Å². The van der Waals surface area contributed by atoms with Crippen LogP contribution in [0.25, 0.3) is 0 Å².